The van der Waals surface area contributed by atoms with Crippen LogP contribution < -0.4 is 5.32 Å². The summed E-state index contributed by atoms with van der Waals surface area (Å²) in [6.45, 7) is 10.1. The van der Waals surface area contributed by atoms with Gasteiger partial charge >= 0.3 is 0 Å². The first kappa shape index (κ1) is 14.1. The van der Waals surface area contributed by atoms with Crippen molar-refractivity contribution in [1.29, 1.82) is 0 Å². The van der Waals surface area contributed by atoms with Crippen LogP contribution in [0, 0.1) is 6.92 Å². The fraction of sp³-hybridized carbons (Fsp3) is 0.714. The van der Waals surface area contributed by atoms with E-state index in [1.54, 1.807) is 0 Å². The van der Waals surface area contributed by atoms with Gasteiger partial charge in [0.1, 0.15) is 0 Å². The molecule has 106 valence electrons. The van der Waals surface area contributed by atoms with E-state index in [1.165, 1.54) is 0 Å². The smallest absolute Gasteiger partial charge is 0.274 e. The van der Waals surface area contributed by atoms with Crippen LogP contribution in [0.3, 0.4) is 0 Å². The van der Waals surface area contributed by atoms with Crippen LogP contribution in [-0.2, 0) is 5.54 Å². The Morgan fingerprint density at radius 3 is 2.68 bits per heavy atom. The highest BCUT2D eigenvalue weighted by molar-refractivity contribution is 5.92. The van der Waals surface area contributed by atoms with E-state index in [4.69, 9.17) is 0 Å². The summed E-state index contributed by atoms with van der Waals surface area (Å²) in [5.74, 6) is 0.0137. The molecule has 1 aliphatic rings. The molecule has 2 heterocycles. The molecule has 0 spiro atoms. The van der Waals surface area contributed by atoms with Gasteiger partial charge in [-0.25, -0.2) is 0 Å². The Hall–Kier alpha value is -1.36. The number of hydrogen-bond donors (Lipinski definition) is 1. The van der Waals surface area contributed by atoms with Crippen molar-refractivity contribution in [2.24, 2.45) is 0 Å². The minimum absolute atomic E-state index is 0.0137. The Morgan fingerprint density at radius 1 is 1.53 bits per heavy atom. The fourth-order valence-electron chi connectivity index (χ4n) is 2.57. The van der Waals surface area contributed by atoms with Crippen molar-refractivity contribution >= 4 is 5.91 Å². The zero-order valence-corrected chi connectivity index (χ0v) is 12.5. The van der Waals surface area contributed by atoms with Crippen molar-refractivity contribution in [2.45, 2.75) is 45.7 Å². The molecule has 5 heteroatoms. The molecule has 1 aliphatic heterocycles. The predicted molar refractivity (Wildman–Crippen MR) is 75.3 cm³/mol. The van der Waals surface area contributed by atoms with E-state index in [0.717, 1.165) is 25.2 Å². The lowest BCUT2D eigenvalue weighted by atomic mass is 10.1. The normalized spacial score (nSPS) is 19.7. The Balaban J connectivity index is 2.20. The van der Waals surface area contributed by atoms with Crippen LogP contribution in [0.15, 0.2) is 6.07 Å². The summed E-state index contributed by atoms with van der Waals surface area (Å²) in [6.07, 6.45) is 1.02. The Kier molecular flexibility index (Phi) is 3.67. The minimum atomic E-state index is -0.101. The summed E-state index contributed by atoms with van der Waals surface area (Å²) in [5.41, 5.74) is 1.46. The quantitative estimate of drug-likeness (QED) is 0.878. The van der Waals surface area contributed by atoms with E-state index in [2.05, 4.69) is 31.2 Å². The average molecular weight is 264 g/mol. The zero-order chi connectivity index (χ0) is 14.2. The molecule has 0 saturated carbocycles. The molecule has 5 nitrogen and oxygen atoms in total. The third-order valence-corrected chi connectivity index (χ3v) is 3.64. The molecule has 1 aromatic rings. The summed E-state index contributed by atoms with van der Waals surface area (Å²) in [6, 6.07) is 2.17. The van der Waals surface area contributed by atoms with E-state index in [-0.39, 0.29) is 17.5 Å². The molecule has 0 aromatic carbocycles. The lowest BCUT2D eigenvalue weighted by Gasteiger charge is -2.23. The van der Waals surface area contributed by atoms with Crippen molar-refractivity contribution in [3.8, 4) is 0 Å². The topological polar surface area (TPSA) is 50.2 Å². The second kappa shape index (κ2) is 4.96. The number of carbonyl (C=O) groups is 1. The highest BCUT2D eigenvalue weighted by Crippen LogP contribution is 2.18. The maximum atomic E-state index is 12.4. The van der Waals surface area contributed by atoms with Gasteiger partial charge in [0.2, 0.25) is 0 Å². The fourth-order valence-corrected chi connectivity index (χ4v) is 2.57. The van der Waals surface area contributed by atoms with Crippen LogP contribution in [0.1, 0.15) is 43.4 Å². The molecule has 1 N–H and O–H groups in total. The summed E-state index contributed by atoms with van der Waals surface area (Å²) in [5, 5.41) is 7.76. The summed E-state index contributed by atoms with van der Waals surface area (Å²) < 4.78 is 1.92. The van der Waals surface area contributed by atoms with Gasteiger partial charge < -0.3 is 10.2 Å². The largest absolute Gasteiger partial charge is 0.336 e. The molecule has 2 rings (SSSR count). The molecular weight excluding hydrogens is 240 g/mol. The average Bonchev–Trinajstić information content (AvgIpc) is 2.94. The molecule has 19 heavy (non-hydrogen) atoms. The highest BCUT2D eigenvalue weighted by Gasteiger charge is 2.27. The van der Waals surface area contributed by atoms with Gasteiger partial charge in [0, 0.05) is 25.3 Å². The highest BCUT2D eigenvalue weighted by atomic mass is 16.2. The van der Waals surface area contributed by atoms with E-state index >= 15 is 0 Å². The second-order valence-electron chi connectivity index (χ2n) is 6.32. The van der Waals surface area contributed by atoms with Gasteiger partial charge in [0.15, 0.2) is 5.69 Å². The van der Waals surface area contributed by atoms with Crippen LogP contribution in [0.4, 0.5) is 0 Å². The monoisotopic (exact) mass is 264 g/mol. The van der Waals surface area contributed by atoms with E-state index in [9.17, 15) is 4.79 Å². The predicted octanol–water partition coefficient (Wildman–Crippen LogP) is 1.38. The van der Waals surface area contributed by atoms with Crippen LogP contribution in [0.2, 0.25) is 0 Å². The molecular formula is C14H24N4O. The third kappa shape index (κ3) is 2.81. The Bertz CT molecular complexity index is 466. The number of rotatable bonds is 2. The molecule has 1 amide bonds. The van der Waals surface area contributed by atoms with Gasteiger partial charge in [-0.2, -0.15) is 5.10 Å². The first-order valence-electron chi connectivity index (χ1n) is 6.85. The molecule has 1 aromatic heterocycles. The lowest BCUT2D eigenvalue weighted by molar-refractivity contribution is 0.0736. The number of nitrogens with zero attached hydrogens (tertiary/aromatic N) is 3. The molecule has 1 saturated heterocycles. The van der Waals surface area contributed by atoms with Crippen LogP contribution >= 0.6 is 0 Å². The third-order valence-electron chi connectivity index (χ3n) is 3.64. The molecule has 0 bridgehead atoms. The van der Waals surface area contributed by atoms with Crippen molar-refractivity contribution in [2.75, 3.05) is 20.1 Å². The van der Waals surface area contributed by atoms with Gasteiger partial charge in [-0.1, -0.05) is 0 Å². The summed E-state index contributed by atoms with van der Waals surface area (Å²) >= 11 is 0. The van der Waals surface area contributed by atoms with Gasteiger partial charge in [0.25, 0.3) is 5.91 Å². The van der Waals surface area contributed by atoms with Crippen molar-refractivity contribution in [1.82, 2.24) is 20.0 Å². The Labute approximate surface area is 115 Å². The maximum absolute atomic E-state index is 12.4. The van der Waals surface area contributed by atoms with Crippen LogP contribution in [0.25, 0.3) is 0 Å². The number of hydrogen-bond acceptors (Lipinski definition) is 3. The number of amides is 1. The SMILES string of the molecule is Cc1cc(C(=O)N(C)[C@H]2CCNC2)nn1C(C)(C)C. The van der Waals surface area contributed by atoms with Crippen LogP contribution in [0.5, 0.6) is 0 Å². The molecule has 0 radical (unpaired) electrons. The number of aromatic nitrogens is 2. The summed E-state index contributed by atoms with van der Waals surface area (Å²) in [4.78, 5) is 14.3. The van der Waals surface area contributed by atoms with E-state index in [1.807, 2.05) is 29.6 Å². The first-order valence-corrected chi connectivity index (χ1v) is 6.85. The number of nitrogens with one attached hydrogen (secondary N) is 1. The lowest BCUT2D eigenvalue weighted by Crippen LogP contribution is -2.38. The van der Waals surface area contributed by atoms with Crippen molar-refractivity contribution < 1.29 is 4.79 Å². The van der Waals surface area contributed by atoms with Crippen LogP contribution in [-0.4, -0.2) is 46.8 Å². The molecule has 1 fully saturated rings. The zero-order valence-electron chi connectivity index (χ0n) is 12.5. The van der Waals surface area contributed by atoms with Gasteiger partial charge in [-0.05, 0) is 46.7 Å². The van der Waals surface area contributed by atoms with Crippen molar-refractivity contribution in [3.05, 3.63) is 17.5 Å². The summed E-state index contributed by atoms with van der Waals surface area (Å²) in [7, 11) is 1.87. The van der Waals surface area contributed by atoms with E-state index in [0.29, 0.717) is 5.69 Å². The Morgan fingerprint density at radius 2 is 2.21 bits per heavy atom. The van der Waals surface area contributed by atoms with Crippen molar-refractivity contribution in [3.63, 3.8) is 0 Å². The number of likely N-dealkylation sites (N-methyl/N-ethyl adjacent to an activating group) is 1. The second-order valence-corrected chi connectivity index (χ2v) is 6.32. The molecule has 0 unspecified atom stereocenters. The van der Waals surface area contributed by atoms with E-state index < -0.39 is 0 Å². The van der Waals surface area contributed by atoms with Gasteiger partial charge in [-0.15, -0.1) is 0 Å². The van der Waals surface area contributed by atoms with Gasteiger partial charge in [-0.3, -0.25) is 9.48 Å². The number of carbonyl (C=O) groups excluding carboxylic acids is 1. The molecule has 1 atom stereocenters. The maximum Gasteiger partial charge on any atom is 0.274 e. The number of aryl methyl sites for hydroxylation is 1. The minimum Gasteiger partial charge on any atom is -0.336 e. The molecule has 0 aliphatic carbocycles. The first-order chi connectivity index (χ1) is 8.80. The standard InChI is InChI=1S/C14H24N4O/c1-10-8-12(16-18(10)14(2,3)4)13(19)17(5)11-6-7-15-9-11/h8,11,15H,6-7,9H2,1-5H3/t11-/m0/s1. The van der Waals surface area contributed by atoms with Gasteiger partial charge in [0.05, 0.1) is 5.54 Å².